The number of anilines is 1. The number of hydrogen-bond acceptors (Lipinski definition) is 3. The molecule has 8 heteroatoms. The Hall–Kier alpha value is -3.65. The van der Waals surface area contributed by atoms with Crippen molar-refractivity contribution in [3.05, 3.63) is 95.7 Å². The van der Waals surface area contributed by atoms with Crippen LogP contribution in [-0.2, 0) is 11.3 Å². The molecule has 0 spiro atoms. The topological polar surface area (TPSA) is 63.1 Å². The monoisotopic (exact) mass is 479 g/mol. The summed E-state index contributed by atoms with van der Waals surface area (Å²) < 4.78 is 29.6. The summed E-state index contributed by atoms with van der Waals surface area (Å²) >= 11 is 1.42. The molecular formula is C26H23F2N3O2S. The lowest BCUT2D eigenvalue weighted by Gasteiger charge is -2.09. The highest BCUT2D eigenvalue weighted by Crippen LogP contribution is 2.30. The van der Waals surface area contributed by atoms with Crippen molar-refractivity contribution in [2.24, 2.45) is 0 Å². The maximum absolute atomic E-state index is 13.8. The van der Waals surface area contributed by atoms with Gasteiger partial charge in [-0.05, 0) is 42.8 Å². The molecule has 0 aliphatic rings. The molecule has 0 bridgehead atoms. The van der Waals surface area contributed by atoms with Crippen molar-refractivity contribution in [3.8, 4) is 0 Å². The van der Waals surface area contributed by atoms with Crippen molar-refractivity contribution < 1.29 is 18.4 Å². The molecule has 174 valence electrons. The summed E-state index contributed by atoms with van der Waals surface area (Å²) in [5, 5.41) is 6.47. The van der Waals surface area contributed by atoms with Gasteiger partial charge in [0.25, 0.3) is 5.91 Å². The van der Waals surface area contributed by atoms with Gasteiger partial charge in [-0.15, -0.1) is 11.8 Å². The molecule has 2 N–H and O–H groups in total. The normalized spacial score (nSPS) is 10.9. The number of thioether (sulfide) groups is 1. The third-order valence-electron chi connectivity index (χ3n) is 5.24. The highest BCUT2D eigenvalue weighted by Gasteiger charge is 2.17. The SMILES string of the molecule is Cc1cccc(NC(=O)CSc2cn(CCNC(=O)c3c(F)cccc3F)c3ccccc23)c1. The number of nitrogens with one attached hydrogen (secondary N) is 2. The number of halogens is 2. The summed E-state index contributed by atoms with van der Waals surface area (Å²) in [7, 11) is 0. The third-order valence-corrected chi connectivity index (χ3v) is 6.28. The van der Waals surface area contributed by atoms with E-state index in [1.54, 1.807) is 0 Å². The van der Waals surface area contributed by atoms with E-state index < -0.39 is 23.1 Å². The zero-order chi connectivity index (χ0) is 24.1. The first-order chi connectivity index (χ1) is 16.4. The van der Waals surface area contributed by atoms with Crippen molar-refractivity contribution in [2.45, 2.75) is 18.4 Å². The summed E-state index contributed by atoms with van der Waals surface area (Å²) in [6.45, 7) is 2.55. The van der Waals surface area contributed by atoms with Crippen LogP contribution in [0, 0.1) is 18.6 Å². The maximum Gasteiger partial charge on any atom is 0.257 e. The van der Waals surface area contributed by atoms with Crippen LogP contribution in [0.5, 0.6) is 0 Å². The van der Waals surface area contributed by atoms with Gasteiger partial charge in [0.2, 0.25) is 5.91 Å². The van der Waals surface area contributed by atoms with Gasteiger partial charge in [-0.2, -0.15) is 0 Å². The lowest BCUT2D eigenvalue weighted by Crippen LogP contribution is -2.28. The fraction of sp³-hybridized carbons (Fsp3) is 0.154. The molecule has 0 aliphatic heterocycles. The smallest absolute Gasteiger partial charge is 0.257 e. The average Bonchev–Trinajstić information content (AvgIpc) is 3.15. The first-order valence-corrected chi connectivity index (χ1v) is 11.7. The number of para-hydroxylation sites is 1. The van der Waals surface area contributed by atoms with Crippen molar-refractivity contribution in [2.75, 3.05) is 17.6 Å². The molecule has 0 saturated heterocycles. The molecule has 0 aliphatic carbocycles. The fourth-order valence-electron chi connectivity index (χ4n) is 3.67. The Morgan fingerprint density at radius 1 is 0.971 bits per heavy atom. The standard InChI is InChI=1S/C26H23F2N3O2S/c1-17-6-4-7-18(14-17)30-24(32)16-34-23-15-31(22-11-3-2-8-19(22)23)13-12-29-26(33)25-20(27)9-5-10-21(25)28/h2-11,14-15H,12-13,16H2,1H3,(H,29,33)(H,30,32). The number of amides is 2. The van der Waals surface area contributed by atoms with E-state index in [2.05, 4.69) is 10.6 Å². The lowest BCUT2D eigenvalue weighted by atomic mass is 10.2. The molecule has 0 unspecified atom stereocenters. The predicted molar refractivity (Wildman–Crippen MR) is 131 cm³/mol. The van der Waals surface area contributed by atoms with Gasteiger partial charge < -0.3 is 15.2 Å². The van der Waals surface area contributed by atoms with Gasteiger partial charge >= 0.3 is 0 Å². The first kappa shape index (κ1) is 23.5. The van der Waals surface area contributed by atoms with E-state index >= 15 is 0 Å². The van der Waals surface area contributed by atoms with Gasteiger partial charge in [0, 0.05) is 40.8 Å². The zero-order valence-corrected chi connectivity index (χ0v) is 19.3. The molecule has 1 heterocycles. The Bertz CT molecular complexity index is 1330. The highest BCUT2D eigenvalue weighted by molar-refractivity contribution is 8.00. The Morgan fingerprint density at radius 3 is 2.47 bits per heavy atom. The molecule has 4 aromatic rings. The minimum atomic E-state index is -0.897. The van der Waals surface area contributed by atoms with Crippen molar-refractivity contribution in [3.63, 3.8) is 0 Å². The first-order valence-electron chi connectivity index (χ1n) is 10.7. The minimum Gasteiger partial charge on any atom is -0.350 e. The molecule has 1 aromatic heterocycles. The van der Waals surface area contributed by atoms with E-state index in [0.29, 0.717) is 6.54 Å². The van der Waals surface area contributed by atoms with Crippen molar-refractivity contribution >= 4 is 40.2 Å². The van der Waals surface area contributed by atoms with E-state index in [-0.39, 0.29) is 18.2 Å². The second-order valence-electron chi connectivity index (χ2n) is 7.76. The molecule has 0 atom stereocenters. The Balaban J connectivity index is 1.40. The summed E-state index contributed by atoms with van der Waals surface area (Å²) in [6.07, 6.45) is 1.92. The number of nitrogens with zero attached hydrogens (tertiary/aromatic N) is 1. The van der Waals surface area contributed by atoms with E-state index in [0.717, 1.165) is 39.2 Å². The quantitative estimate of drug-likeness (QED) is 0.333. The zero-order valence-electron chi connectivity index (χ0n) is 18.5. The number of hydrogen-bond donors (Lipinski definition) is 2. The molecule has 0 radical (unpaired) electrons. The summed E-state index contributed by atoms with van der Waals surface area (Å²) in [5.74, 6) is -2.45. The van der Waals surface area contributed by atoms with Crippen LogP contribution in [0.3, 0.4) is 0 Å². The highest BCUT2D eigenvalue weighted by atomic mass is 32.2. The largest absolute Gasteiger partial charge is 0.350 e. The third kappa shape index (κ3) is 5.46. The van der Waals surface area contributed by atoms with Crippen LogP contribution in [0.2, 0.25) is 0 Å². The second kappa shape index (κ2) is 10.5. The molecule has 5 nitrogen and oxygen atoms in total. The van der Waals surface area contributed by atoms with E-state index in [1.807, 2.05) is 66.2 Å². The Kier molecular flexibility index (Phi) is 7.27. The van der Waals surface area contributed by atoms with Crippen LogP contribution >= 0.6 is 11.8 Å². The van der Waals surface area contributed by atoms with Crippen molar-refractivity contribution in [1.82, 2.24) is 9.88 Å². The van der Waals surface area contributed by atoms with Crippen LogP contribution in [0.1, 0.15) is 15.9 Å². The Labute approximate surface area is 200 Å². The molecular weight excluding hydrogens is 456 g/mol. The van der Waals surface area contributed by atoms with Crippen LogP contribution in [0.15, 0.2) is 77.8 Å². The maximum atomic E-state index is 13.8. The number of carbonyl (C=O) groups is 2. The van der Waals surface area contributed by atoms with E-state index in [9.17, 15) is 18.4 Å². The van der Waals surface area contributed by atoms with Gasteiger partial charge in [0.1, 0.15) is 17.2 Å². The van der Waals surface area contributed by atoms with E-state index in [1.165, 1.54) is 17.8 Å². The van der Waals surface area contributed by atoms with Gasteiger partial charge in [-0.1, -0.05) is 36.4 Å². The predicted octanol–water partition coefficient (Wildman–Crippen LogP) is 5.39. The molecule has 34 heavy (non-hydrogen) atoms. The second-order valence-corrected chi connectivity index (χ2v) is 8.78. The lowest BCUT2D eigenvalue weighted by molar-refractivity contribution is -0.113. The number of rotatable bonds is 8. The van der Waals surface area contributed by atoms with Crippen LogP contribution < -0.4 is 10.6 Å². The summed E-state index contributed by atoms with van der Waals surface area (Å²) in [4.78, 5) is 25.6. The Morgan fingerprint density at radius 2 is 1.71 bits per heavy atom. The number of benzene rings is 3. The van der Waals surface area contributed by atoms with Crippen molar-refractivity contribution in [1.29, 1.82) is 0 Å². The minimum absolute atomic E-state index is 0.105. The average molecular weight is 480 g/mol. The molecule has 0 saturated carbocycles. The number of carbonyl (C=O) groups excluding carboxylic acids is 2. The van der Waals surface area contributed by atoms with Crippen LogP contribution in [0.4, 0.5) is 14.5 Å². The van der Waals surface area contributed by atoms with Gasteiger partial charge in [-0.3, -0.25) is 9.59 Å². The van der Waals surface area contributed by atoms with Gasteiger partial charge in [0.15, 0.2) is 0 Å². The van der Waals surface area contributed by atoms with E-state index in [4.69, 9.17) is 0 Å². The molecule has 2 amide bonds. The molecule has 3 aromatic carbocycles. The number of fused-ring (bicyclic) bond motifs is 1. The number of aryl methyl sites for hydroxylation is 1. The summed E-state index contributed by atoms with van der Waals surface area (Å²) in [6, 6.07) is 18.7. The van der Waals surface area contributed by atoms with Gasteiger partial charge in [0.05, 0.1) is 5.75 Å². The summed E-state index contributed by atoms with van der Waals surface area (Å²) in [5.41, 5.74) is 2.18. The number of aromatic nitrogens is 1. The fourth-order valence-corrected chi connectivity index (χ4v) is 4.56. The van der Waals surface area contributed by atoms with Crippen LogP contribution in [0.25, 0.3) is 10.9 Å². The molecule has 4 rings (SSSR count). The van der Waals surface area contributed by atoms with Crippen LogP contribution in [-0.4, -0.2) is 28.7 Å². The van der Waals surface area contributed by atoms with Gasteiger partial charge in [-0.25, -0.2) is 8.78 Å². The molecule has 0 fully saturated rings.